The molecule has 0 unspecified atom stereocenters. The number of thiocarbonyl (C=S) groups is 1. The number of piperidine rings is 1. The van der Waals surface area contributed by atoms with Gasteiger partial charge in [0.25, 0.3) is 0 Å². The molecule has 3 atom stereocenters. The lowest BCUT2D eigenvalue weighted by Gasteiger charge is -2.34. The Labute approximate surface area is 184 Å². The summed E-state index contributed by atoms with van der Waals surface area (Å²) >= 11 is 5.35. The van der Waals surface area contributed by atoms with Crippen molar-refractivity contribution in [2.75, 3.05) is 23.7 Å². The molecule has 0 aromatic heterocycles. The molecule has 8 heteroatoms. The van der Waals surface area contributed by atoms with E-state index in [1.165, 1.54) is 0 Å². The van der Waals surface area contributed by atoms with Crippen LogP contribution in [0.3, 0.4) is 0 Å². The highest BCUT2D eigenvalue weighted by Gasteiger charge is 2.31. The maximum Gasteiger partial charge on any atom is 0.243 e. The van der Waals surface area contributed by atoms with Gasteiger partial charge in [-0.15, -0.1) is 0 Å². The Balaban J connectivity index is 1.65. The second-order valence-electron chi connectivity index (χ2n) is 8.17. The van der Waals surface area contributed by atoms with Crippen molar-refractivity contribution in [2.24, 2.45) is 11.8 Å². The second kappa shape index (κ2) is 9.43. The van der Waals surface area contributed by atoms with Crippen molar-refractivity contribution in [3.63, 3.8) is 0 Å². The van der Waals surface area contributed by atoms with Crippen LogP contribution in [-0.2, 0) is 10.0 Å². The van der Waals surface area contributed by atoms with Gasteiger partial charge >= 0.3 is 0 Å². The second-order valence-corrected chi connectivity index (χ2v) is 10.5. The summed E-state index contributed by atoms with van der Waals surface area (Å²) in [5.74, 6) is 0.723. The number of sulfonamides is 1. The van der Waals surface area contributed by atoms with E-state index in [1.807, 2.05) is 24.3 Å². The number of aliphatic hydroxyl groups excluding tert-OH is 1. The first kappa shape index (κ1) is 22.7. The van der Waals surface area contributed by atoms with Gasteiger partial charge in [-0.1, -0.05) is 26.0 Å². The van der Waals surface area contributed by atoms with E-state index in [-0.39, 0.29) is 4.90 Å². The van der Waals surface area contributed by atoms with Crippen LogP contribution in [0, 0.1) is 11.8 Å². The van der Waals surface area contributed by atoms with Gasteiger partial charge in [0.1, 0.15) is 0 Å². The molecule has 6 nitrogen and oxygen atoms in total. The maximum atomic E-state index is 13.0. The van der Waals surface area contributed by atoms with Crippen LogP contribution in [0.2, 0.25) is 0 Å². The SMILES string of the molecule is C[C@@H]1C[C@@H](C)CN(S(=O)(=O)c2ccc(NC(=S)Nc3cccc([C@@H](C)O)c3)cc2)C1. The van der Waals surface area contributed by atoms with Gasteiger partial charge in [-0.25, -0.2) is 8.42 Å². The smallest absolute Gasteiger partial charge is 0.243 e. The van der Waals surface area contributed by atoms with Crippen molar-refractivity contribution in [1.82, 2.24) is 4.31 Å². The minimum absolute atomic E-state index is 0.290. The molecule has 1 aliphatic rings. The summed E-state index contributed by atoms with van der Waals surface area (Å²) in [5.41, 5.74) is 2.25. The molecule has 0 radical (unpaired) electrons. The first-order valence-electron chi connectivity index (χ1n) is 10.1. The predicted octanol–water partition coefficient (Wildman–Crippen LogP) is 4.22. The largest absolute Gasteiger partial charge is 0.389 e. The zero-order chi connectivity index (χ0) is 21.9. The lowest BCUT2D eigenvalue weighted by atomic mass is 9.94. The predicted molar refractivity (Wildman–Crippen MR) is 125 cm³/mol. The molecule has 2 aromatic rings. The summed E-state index contributed by atoms with van der Waals surface area (Å²) in [6, 6.07) is 14.0. The van der Waals surface area contributed by atoms with E-state index in [4.69, 9.17) is 12.2 Å². The third-order valence-corrected chi connectivity index (χ3v) is 7.26. The fraction of sp³-hybridized carbons (Fsp3) is 0.409. The summed E-state index contributed by atoms with van der Waals surface area (Å²) in [4.78, 5) is 0.290. The number of hydrogen-bond acceptors (Lipinski definition) is 4. The molecule has 0 spiro atoms. The average Bonchev–Trinajstić information content (AvgIpc) is 2.67. The molecule has 0 bridgehead atoms. The van der Waals surface area contributed by atoms with Crippen molar-refractivity contribution < 1.29 is 13.5 Å². The molecule has 2 aromatic carbocycles. The summed E-state index contributed by atoms with van der Waals surface area (Å²) in [7, 11) is -3.50. The number of nitrogens with zero attached hydrogens (tertiary/aromatic N) is 1. The molecule has 1 saturated heterocycles. The Bertz CT molecular complexity index is 981. The average molecular weight is 448 g/mol. The highest BCUT2D eigenvalue weighted by molar-refractivity contribution is 7.89. The van der Waals surface area contributed by atoms with Crippen molar-refractivity contribution in [3.8, 4) is 0 Å². The number of aliphatic hydroxyl groups is 1. The lowest BCUT2D eigenvalue weighted by molar-refractivity contribution is 0.199. The van der Waals surface area contributed by atoms with Gasteiger partial charge < -0.3 is 15.7 Å². The van der Waals surface area contributed by atoms with Gasteiger partial charge in [-0.2, -0.15) is 4.31 Å². The summed E-state index contributed by atoms with van der Waals surface area (Å²) in [6.45, 7) is 7.01. The number of benzene rings is 2. The van der Waals surface area contributed by atoms with Crippen LogP contribution in [0.15, 0.2) is 53.4 Å². The van der Waals surface area contributed by atoms with Gasteiger partial charge in [0.2, 0.25) is 10.0 Å². The van der Waals surface area contributed by atoms with E-state index in [9.17, 15) is 13.5 Å². The van der Waals surface area contributed by atoms with Crippen LogP contribution in [0.1, 0.15) is 38.9 Å². The lowest BCUT2D eigenvalue weighted by Crippen LogP contribution is -2.42. The van der Waals surface area contributed by atoms with Gasteiger partial charge in [-0.05, 0) is 79.4 Å². The first-order chi connectivity index (χ1) is 14.1. The van der Waals surface area contributed by atoms with Crippen LogP contribution in [0.4, 0.5) is 11.4 Å². The Morgan fingerprint density at radius 2 is 1.67 bits per heavy atom. The Kier molecular flexibility index (Phi) is 7.13. The molecule has 0 aliphatic carbocycles. The van der Waals surface area contributed by atoms with Crippen LogP contribution in [-0.4, -0.2) is 36.0 Å². The van der Waals surface area contributed by atoms with Crippen molar-refractivity contribution in [2.45, 2.75) is 38.2 Å². The van der Waals surface area contributed by atoms with E-state index in [1.54, 1.807) is 35.5 Å². The number of anilines is 2. The van der Waals surface area contributed by atoms with Crippen molar-refractivity contribution in [1.29, 1.82) is 0 Å². The Hall–Kier alpha value is -2.00. The standard InChI is InChI=1S/C22H29N3O3S2/c1-15-11-16(2)14-25(13-15)30(27,28)21-9-7-19(8-10-21)23-22(29)24-20-6-4-5-18(12-20)17(3)26/h4-10,12,15-17,26H,11,13-14H2,1-3H3,(H2,23,24,29)/t15-,16-,17-/m1/s1. The van der Waals surface area contributed by atoms with Gasteiger partial charge in [0.05, 0.1) is 11.0 Å². The van der Waals surface area contributed by atoms with E-state index in [0.717, 1.165) is 17.7 Å². The van der Waals surface area contributed by atoms with Crippen LogP contribution in [0.25, 0.3) is 0 Å². The minimum atomic E-state index is -3.50. The summed E-state index contributed by atoms with van der Waals surface area (Å²) < 4.78 is 27.6. The van der Waals surface area contributed by atoms with E-state index >= 15 is 0 Å². The van der Waals surface area contributed by atoms with Crippen molar-refractivity contribution in [3.05, 3.63) is 54.1 Å². The van der Waals surface area contributed by atoms with Gasteiger partial charge in [0, 0.05) is 24.5 Å². The molecular weight excluding hydrogens is 418 g/mol. The van der Waals surface area contributed by atoms with Crippen LogP contribution < -0.4 is 10.6 Å². The van der Waals surface area contributed by atoms with Crippen LogP contribution >= 0.6 is 12.2 Å². The Morgan fingerprint density at radius 3 is 2.27 bits per heavy atom. The molecular formula is C22H29N3O3S2. The fourth-order valence-electron chi connectivity index (χ4n) is 3.83. The molecule has 3 rings (SSSR count). The highest BCUT2D eigenvalue weighted by atomic mass is 32.2. The van der Waals surface area contributed by atoms with Crippen LogP contribution in [0.5, 0.6) is 0 Å². The summed E-state index contributed by atoms with van der Waals surface area (Å²) in [6.07, 6.45) is 0.494. The summed E-state index contributed by atoms with van der Waals surface area (Å²) in [5, 5.41) is 16.2. The van der Waals surface area contributed by atoms with Gasteiger partial charge in [0.15, 0.2) is 5.11 Å². The maximum absolute atomic E-state index is 13.0. The quantitative estimate of drug-likeness (QED) is 0.596. The molecule has 1 heterocycles. The van der Waals surface area contributed by atoms with Gasteiger partial charge in [-0.3, -0.25) is 0 Å². The number of nitrogens with one attached hydrogen (secondary N) is 2. The zero-order valence-electron chi connectivity index (χ0n) is 17.5. The third kappa shape index (κ3) is 5.57. The third-order valence-electron chi connectivity index (χ3n) is 5.21. The molecule has 30 heavy (non-hydrogen) atoms. The van der Waals surface area contributed by atoms with E-state index in [0.29, 0.717) is 35.7 Å². The highest BCUT2D eigenvalue weighted by Crippen LogP contribution is 2.27. The molecule has 1 aliphatic heterocycles. The fourth-order valence-corrected chi connectivity index (χ4v) is 5.75. The van der Waals surface area contributed by atoms with Crippen molar-refractivity contribution >= 4 is 38.7 Å². The monoisotopic (exact) mass is 447 g/mol. The normalized spacial score (nSPS) is 21.1. The first-order valence-corrected chi connectivity index (χ1v) is 12.0. The molecule has 0 saturated carbocycles. The Morgan fingerprint density at radius 1 is 1.07 bits per heavy atom. The topological polar surface area (TPSA) is 81.7 Å². The number of hydrogen-bond donors (Lipinski definition) is 3. The molecule has 162 valence electrons. The molecule has 3 N–H and O–H groups in total. The molecule has 0 amide bonds. The van der Waals surface area contributed by atoms with E-state index < -0.39 is 16.1 Å². The zero-order valence-corrected chi connectivity index (χ0v) is 19.1. The molecule has 1 fully saturated rings. The van der Waals surface area contributed by atoms with E-state index in [2.05, 4.69) is 24.5 Å². The number of rotatable bonds is 5. The minimum Gasteiger partial charge on any atom is -0.389 e.